The number of carbonyl (C=O) groups is 1. The topological polar surface area (TPSA) is 45.2 Å². The third-order valence-corrected chi connectivity index (χ3v) is 7.61. The van der Waals surface area contributed by atoms with Crippen LogP contribution in [0.15, 0.2) is 64.3 Å². The molecular weight excluding hydrogens is 410 g/mol. The molecule has 2 heterocycles. The van der Waals surface area contributed by atoms with Crippen molar-refractivity contribution in [2.45, 2.75) is 35.9 Å². The van der Waals surface area contributed by atoms with Crippen molar-refractivity contribution in [2.75, 3.05) is 19.6 Å². The van der Waals surface area contributed by atoms with Gasteiger partial charge in [-0.25, -0.2) is 4.98 Å². The maximum Gasteiger partial charge on any atom is 0.251 e. The van der Waals surface area contributed by atoms with Crippen LogP contribution in [0.4, 0.5) is 0 Å². The third kappa shape index (κ3) is 5.50. The van der Waals surface area contributed by atoms with Crippen LogP contribution in [0.2, 0.25) is 0 Å². The normalized spacial score (nSPS) is 15.2. The van der Waals surface area contributed by atoms with Crippen molar-refractivity contribution in [1.29, 1.82) is 0 Å². The standard InChI is InChI=1S/C24H27N3OS2/c1-18-16-29-24(26-18)30-17-19-9-11-21(12-10-19)23(28)25-15-22(27-13-5-6-14-27)20-7-3-2-4-8-20/h2-4,7-12,16,22H,5-6,13-15,17H2,1H3,(H,25,28). The minimum absolute atomic E-state index is 0.00937. The Morgan fingerprint density at radius 3 is 2.53 bits per heavy atom. The molecule has 4 rings (SSSR count). The quantitative estimate of drug-likeness (QED) is 0.485. The fraction of sp³-hybridized carbons (Fsp3) is 0.333. The SMILES string of the molecule is Cc1csc(SCc2ccc(C(=O)NCC(c3ccccc3)N3CCCC3)cc2)n1. The van der Waals surface area contributed by atoms with E-state index in [1.807, 2.05) is 37.3 Å². The molecule has 1 aliphatic heterocycles. The highest BCUT2D eigenvalue weighted by Gasteiger charge is 2.23. The molecule has 0 radical (unpaired) electrons. The van der Waals surface area contributed by atoms with Crippen molar-refractivity contribution < 1.29 is 4.79 Å². The molecule has 1 saturated heterocycles. The van der Waals surface area contributed by atoms with Gasteiger partial charge >= 0.3 is 0 Å². The van der Waals surface area contributed by atoms with Gasteiger partial charge in [-0.1, -0.05) is 54.2 Å². The molecule has 156 valence electrons. The Hall–Kier alpha value is -2.15. The molecule has 0 aliphatic carbocycles. The Morgan fingerprint density at radius 1 is 1.13 bits per heavy atom. The van der Waals surface area contributed by atoms with Crippen molar-refractivity contribution in [2.24, 2.45) is 0 Å². The first-order valence-electron chi connectivity index (χ1n) is 10.4. The number of nitrogens with one attached hydrogen (secondary N) is 1. The van der Waals surface area contributed by atoms with E-state index in [0.717, 1.165) is 28.9 Å². The van der Waals surface area contributed by atoms with Crippen LogP contribution in [0.5, 0.6) is 0 Å². The lowest BCUT2D eigenvalue weighted by atomic mass is 10.1. The van der Waals surface area contributed by atoms with Gasteiger partial charge in [0.1, 0.15) is 4.34 Å². The first kappa shape index (κ1) is 21.1. The van der Waals surface area contributed by atoms with E-state index in [0.29, 0.717) is 12.1 Å². The van der Waals surface area contributed by atoms with Gasteiger partial charge in [0.05, 0.1) is 6.04 Å². The fourth-order valence-corrected chi connectivity index (χ4v) is 5.58. The largest absolute Gasteiger partial charge is 0.350 e. The summed E-state index contributed by atoms with van der Waals surface area (Å²) in [5.41, 5.74) is 4.24. The van der Waals surface area contributed by atoms with Crippen LogP contribution >= 0.6 is 23.1 Å². The van der Waals surface area contributed by atoms with Crippen LogP contribution in [0.3, 0.4) is 0 Å². The van der Waals surface area contributed by atoms with Gasteiger partial charge in [0.2, 0.25) is 0 Å². The molecule has 1 atom stereocenters. The van der Waals surface area contributed by atoms with Crippen LogP contribution in [0.1, 0.15) is 46.1 Å². The predicted octanol–water partition coefficient (Wildman–Crippen LogP) is 5.31. The molecule has 1 unspecified atom stereocenters. The number of amides is 1. The molecule has 30 heavy (non-hydrogen) atoms. The first-order chi connectivity index (χ1) is 14.7. The summed E-state index contributed by atoms with van der Waals surface area (Å²) >= 11 is 3.41. The number of carbonyl (C=O) groups excluding carboxylic acids is 1. The highest BCUT2D eigenvalue weighted by atomic mass is 32.2. The zero-order valence-electron chi connectivity index (χ0n) is 17.2. The Kier molecular flexibility index (Phi) is 7.20. The second-order valence-corrected chi connectivity index (χ2v) is 9.70. The van der Waals surface area contributed by atoms with E-state index in [1.165, 1.54) is 24.0 Å². The lowest BCUT2D eigenvalue weighted by Gasteiger charge is -2.28. The molecule has 2 aromatic carbocycles. The van der Waals surface area contributed by atoms with Gasteiger partial charge in [-0.15, -0.1) is 11.3 Å². The van der Waals surface area contributed by atoms with Crippen molar-refractivity contribution in [1.82, 2.24) is 15.2 Å². The number of thioether (sulfide) groups is 1. The molecule has 1 amide bonds. The Bertz CT molecular complexity index is 950. The number of hydrogen-bond donors (Lipinski definition) is 1. The summed E-state index contributed by atoms with van der Waals surface area (Å²) in [5.74, 6) is 0.852. The summed E-state index contributed by atoms with van der Waals surface area (Å²) in [6.45, 7) is 4.84. The maximum atomic E-state index is 12.7. The van der Waals surface area contributed by atoms with E-state index >= 15 is 0 Å². The number of aryl methyl sites for hydroxylation is 1. The van der Waals surface area contributed by atoms with Crippen molar-refractivity contribution >= 4 is 29.0 Å². The van der Waals surface area contributed by atoms with Gasteiger partial charge in [0.25, 0.3) is 5.91 Å². The Balaban J connectivity index is 1.34. The van der Waals surface area contributed by atoms with Crippen molar-refractivity contribution in [3.05, 3.63) is 82.4 Å². The molecule has 1 aliphatic rings. The van der Waals surface area contributed by atoms with Gasteiger partial charge in [-0.05, 0) is 56.1 Å². The summed E-state index contributed by atoms with van der Waals surface area (Å²) < 4.78 is 1.09. The molecule has 3 aromatic rings. The van der Waals surface area contributed by atoms with E-state index in [4.69, 9.17) is 0 Å². The monoisotopic (exact) mass is 437 g/mol. The Labute approximate surface area is 186 Å². The molecule has 0 bridgehead atoms. The Morgan fingerprint density at radius 2 is 1.87 bits per heavy atom. The third-order valence-electron chi connectivity index (χ3n) is 5.40. The minimum atomic E-state index is -0.00937. The number of likely N-dealkylation sites (tertiary alicyclic amines) is 1. The smallest absolute Gasteiger partial charge is 0.251 e. The molecule has 1 N–H and O–H groups in total. The maximum absolute atomic E-state index is 12.7. The van der Waals surface area contributed by atoms with E-state index in [2.05, 4.69) is 44.8 Å². The lowest BCUT2D eigenvalue weighted by molar-refractivity contribution is 0.0938. The number of benzene rings is 2. The summed E-state index contributed by atoms with van der Waals surface area (Å²) in [5, 5.41) is 5.23. The van der Waals surface area contributed by atoms with Crippen LogP contribution < -0.4 is 5.32 Å². The van der Waals surface area contributed by atoms with E-state index < -0.39 is 0 Å². The summed E-state index contributed by atoms with van der Waals surface area (Å²) in [7, 11) is 0. The average molecular weight is 438 g/mol. The predicted molar refractivity (Wildman–Crippen MR) is 125 cm³/mol. The molecule has 0 spiro atoms. The molecule has 1 aromatic heterocycles. The van der Waals surface area contributed by atoms with E-state index in [1.54, 1.807) is 23.1 Å². The molecular formula is C24H27N3OS2. The number of aromatic nitrogens is 1. The van der Waals surface area contributed by atoms with Gasteiger partial charge in [-0.3, -0.25) is 9.69 Å². The number of thiazole rings is 1. The summed E-state index contributed by atoms with van der Waals surface area (Å²) in [4.78, 5) is 19.7. The van der Waals surface area contributed by atoms with Gasteiger partial charge in [-0.2, -0.15) is 0 Å². The van der Waals surface area contributed by atoms with Gasteiger partial charge in [0.15, 0.2) is 0 Å². The van der Waals surface area contributed by atoms with Crippen molar-refractivity contribution in [3.63, 3.8) is 0 Å². The van der Waals surface area contributed by atoms with Crippen LogP contribution in [-0.4, -0.2) is 35.4 Å². The number of nitrogens with zero attached hydrogens (tertiary/aromatic N) is 2. The molecule has 1 fully saturated rings. The zero-order chi connectivity index (χ0) is 20.8. The zero-order valence-corrected chi connectivity index (χ0v) is 18.8. The minimum Gasteiger partial charge on any atom is -0.350 e. The molecule has 6 heteroatoms. The fourth-order valence-electron chi connectivity index (χ4n) is 3.77. The molecule has 4 nitrogen and oxygen atoms in total. The van der Waals surface area contributed by atoms with Gasteiger partial charge < -0.3 is 5.32 Å². The summed E-state index contributed by atoms with van der Waals surface area (Å²) in [6, 6.07) is 18.7. The van der Waals surface area contributed by atoms with Crippen LogP contribution in [0.25, 0.3) is 0 Å². The number of hydrogen-bond acceptors (Lipinski definition) is 5. The van der Waals surface area contributed by atoms with Crippen LogP contribution in [-0.2, 0) is 5.75 Å². The first-order valence-corrected chi connectivity index (χ1v) is 12.3. The number of rotatable bonds is 8. The highest BCUT2D eigenvalue weighted by Crippen LogP contribution is 2.26. The molecule has 0 saturated carbocycles. The van der Waals surface area contributed by atoms with Crippen LogP contribution in [0, 0.1) is 6.92 Å². The lowest BCUT2D eigenvalue weighted by Crippen LogP contribution is -2.36. The summed E-state index contributed by atoms with van der Waals surface area (Å²) in [6.07, 6.45) is 2.47. The second-order valence-electron chi connectivity index (χ2n) is 7.62. The van der Waals surface area contributed by atoms with Crippen molar-refractivity contribution in [3.8, 4) is 0 Å². The second kappa shape index (κ2) is 10.2. The van der Waals surface area contributed by atoms with Gasteiger partial charge in [0, 0.05) is 28.9 Å². The van der Waals surface area contributed by atoms with E-state index in [-0.39, 0.29) is 11.9 Å². The average Bonchev–Trinajstić information content (AvgIpc) is 3.45. The highest BCUT2D eigenvalue weighted by molar-refractivity contribution is 8.00. The van der Waals surface area contributed by atoms with E-state index in [9.17, 15) is 4.79 Å².